The summed E-state index contributed by atoms with van der Waals surface area (Å²) in [6.07, 6.45) is 3.72. The summed E-state index contributed by atoms with van der Waals surface area (Å²) in [6.45, 7) is -3.00. The standard InChI is InChI=1S/C8H9ClNO3P/c9-14(11)12-6-3-8(13-14)7-1-4-10-5-2-7/h1-2,4-5,8H,3,6H2. The minimum absolute atomic E-state index is 0.255. The van der Waals surface area contributed by atoms with Gasteiger partial charge in [-0.1, -0.05) is 0 Å². The Bertz CT molecular complexity index is 359. The van der Waals surface area contributed by atoms with E-state index >= 15 is 0 Å². The van der Waals surface area contributed by atoms with Gasteiger partial charge in [-0.05, 0) is 17.7 Å². The highest BCUT2D eigenvalue weighted by atomic mass is 35.7. The molecule has 14 heavy (non-hydrogen) atoms. The Kier molecular flexibility index (Phi) is 2.88. The quantitative estimate of drug-likeness (QED) is 0.700. The van der Waals surface area contributed by atoms with Gasteiger partial charge in [-0.15, -0.1) is 0 Å². The zero-order valence-electron chi connectivity index (χ0n) is 7.30. The summed E-state index contributed by atoms with van der Waals surface area (Å²) in [6, 6.07) is 3.62. The van der Waals surface area contributed by atoms with Crippen molar-refractivity contribution in [3.63, 3.8) is 0 Å². The SMILES string of the molecule is O=P1(Cl)OCCC(c2ccncc2)O1. The molecule has 1 aliphatic heterocycles. The predicted octanol–water partition coefficient (Wildman–Crippen LogP) is 2.91. The highest BCUT2D eigenvalue weighted by molar-refractivity contribution is 7.81. The molecule has 0 N–H and O–H groups in total. The first-order chi connectivity index (χ1) is 6.67. The molecule has 0 bridgehead atoms. The molecule has 2 unspecified atom stereocenters. The second-order valence-electron chi connectivity index (χ2n) is 2.93. The van der Waals surface area contributed by atoms with Gasteiger partial charge in [0, 0.05) is 30.1 Å². The van der Waals surface area contributed by atoms with Gasteiger partial charge >= 0.3 is 6.95 Å². The summed E-state index contributed by atoms with van der Waals surface area (Å²) in [4.78, 5) is 3.89. The Labute approximate surface area is 86.5 Å². The maximum atomic E-state index is 11.3. The Morgan fingerprint density at radius 1 is 1.50 bits per heavy atom. The summed E-state index contributed by atoms with van der Waals surface area (Å²) in [5, 5.41) is 0. The number of rotatable bonds is 1. The average molecular weight is 234 g/mol. The van der Waals surface area contributed by atoms with E-state index in [9.17, 15) is 4.57 Å². The summed E-state index contributed by atoms with van der Waals surface area (Å²) in [5.41, 5.74) is 0.921. The first-order valence-corrected chi connectivity index (χ1v) is 6.65. The lowest BCUT2D eigenvalue weighted by Gasteiger charge is -2.25. The van der Waals surface area contributed by atoms with Crippen LogP contribution in [0.15, 0.2) is 24.5 Å². The fourth-order valence-corrected chi connectivity index (χ4v) is 2.72. The maximum Gasteiger partial charge on any atom is 0.424 e. The molecule has 1 saturated heterocycles. The number of aromatic nitrogens is 1. The Balaban J connectivity index is 2.16. The van der Waals surface area contributed by atoms with Crippen LogP contribution in [0.25, 0.3) is 0 Å². The molecule has 2 rings (SSSR count). The number of nitrogens with zero attached hydrogens (tertiary/aromatic N) is 1. The highest BCUT2D eigenvalue weighted by Gasteiger charge is 2.32. The van der Waals surface area contributed by atoms with Crippen LogP contribution in [0.4, 0.5) is 0 Å². The molecule has 1 aromatic heterocycles. The van der Waals surface area contributed by atoms with Crippen molar-refractivity contribution < 1.29 is 13.6 Å². The fraction of sp³-hybridized carbons (Fsp3) is 0.375. The van der Waals surface area contributed by atoms with Gasteiger partial charge in [0.15, 0.2) is 0 Å². The first-order valence-electron chi connectivity index (χ1n) is 4.20. The molecule has 4 nitrogen and oxygen atoms in total. The van der Waals surface area contributed by atoms with Gasteiger partial charge < -0.3 is 0 Å². The van der Waals surface area contributed by atoms with E-state index in [1.165, 1.54) is 0 Å². The summed E-state index contributed by atoms with van der Waals surface area (Å²) >= 11 is 5.51. The molecular weight excluding hydrogens is 225 g/mol. The van der Waals surface area contributed by atoms with E-state index < -0.39 is 6.95 Å². The van der Waals surface area contributed by atoms with E-state index in [2.05, 4.69) is 4.98 Å². The molecule has 0 saturated carbocycles. The third-order valence-corrected chi connectivity index (χ3v) is 3.49. The van der Waals surface area contributed by atoms with Crippen molar-refractivity contribution in [2.45, 2.75) is 12.5 Å². The Morgan fingerprint density at radius 2 is 2.21 bits per heavy atom. The lowest BCUT2D eigenvalue weighted by molar-refractivity contribution is 0.0912. The second-order valence-corrected chi connectivity index (χ2v) is 5.50. The third-order valence-electron chi connectivity index (χ3n) is 1.96. The van der Waals surface area contributed by atoms with Gasteiger partial charge in [0.05, 0.1) is 12.7 Å². The molecule has 2 heterocycles. The summed E-state index contributed by atoms with van der Waals surface area (Å²) in [5.74, 6) is 0. The van der Waals surface area contributed by atoms with Crippen LogP contribution in [0.3, 0.4) is 0 Å². The molecular formula is C8H9ClNO3P. The molecule has 76 valence electrons. The lowest BCUT2D eigenvalue weighted by atomic mass is 10.1. The molecule has 1 aromatic rings. The van der Waals surface area contributed by atoms with Crippen LogP contribution in [-0.2, 0) is 13.6 Å². The van der Waals surface area contributed by atoms with Crippen LogP contribution in [0, 0.1) is 0 Å². The van der Waals surface area contributed by atoms with Crippen LogP contribution in [-0.4, -0.2) is 11.6 Å². The number of halogens is 1. The molecule has 6 heteroatoms. The van der Waals surface area contributed by atoms with Gasteiger partial charge in [0.25, 0.3) is 0 Å². The van der Waals surface area contributed by atoms with Gasteiger partial charge in [0.1, 0.15) is 0 Å². The van der Waals surface area contributed by atoms with Gasteiger partial charge in [-0.25, -0.2) is 4.57 Å². The van der Waals surface area contributed by atoms with E-state index in [1.54, 1.807) is 12.4 Å². The zero-order chi connectivity index (χ0) is 10.0. The highest BCUT2D eigenvalue weighted by Crippen LogP contribution is 2.59. The summed E-state index contributed by atoms with van der Waals surface area (Å²) < 4.78 is 21.3. The van der Waals surface area contributed by atoms with E-state index in [-0.39, 0.29) is 6.10 Å². The van der Waals surface area contributed by atoms with E-state index in [4.69, 9.17) is 20.3 Å². The molecule has 0 aliphatic carbocycles. The normalized spacial score (nSPS) is 32.8. The Hall–Kier alpha value is -0.410. The average Bonchev–Trinajstić information content (AvgIpc) is 2.18. The molecule has 1 fully saturated rings. The van der Waals surface area contributed by atoms with Crippen molar-refractivity contribution in [1.29, 1.82) is 0 Å². The van der Waals surface area contributed by atoms with E-state index in [1.807, 2.05) is 12.1 Å². The molecule has 0 radical (unpaired) electrons. The predicted molar refractivity (Wildman–Crippen MR) is 52.1 cm³/mol. The minimum atomic E-state index is -3.36. The molecule has 0 spiro atoms. The van der Waals surface area contributed by atoms with Gasteiger partial charge in [0.2, 0.25) is 0 Å². The van der Waals surface area contributed by atoms with Crippen LogP contribution >= 0.6 is 18.2 Å². The topological polar surface area (TPSA) is 48.4 Å². The van der Waals surface area contributed by atoms with Crippen molar-refractivity contribution in [2.24, 2.45) is 0 Å². The second kappa shape index (κ2) is 3.99. The molecule has 1 aliphatic rings. The van der Waals surface area contributed by atoms with Crippen molar-refractivity contribution in [3.05, 3.63) is 30.1 Å². The Morgan fingerprint density at radius 3 is 2.86 bits per heavy atom. The van der Waals surface area contributed by atoms with Crippen LogP contribution in [0.1, 0.15) is 18.1 Å². The van der Waals surface area contributed by atoms with Crippen LogP contribution < -0.4 is 0 Å². The van der Waals surface area contributed by atoms with E-state index in [0.717, 1.165) is 5.56 Å². The fourth-order valence-electron chi connectivity index (χ4n) is 1.31. The van der Waals surface area contributed by atoms with Gasteiger partial charge in [-0.2, -0.15) is 0 Å². The van der Waals surface area contributed by atoms with Crippen LogP contribution in [0.2, 0.25) is 0 Å². The molecule has 0 aromatic carbocycles. The van der Waals surface area contributed by atoms with Crippen molar-refractivity contribution >= 4 is 18.2 Å². The summed E-state index contributed by atoms with van der Waals surface area (Å²) in [7, 11) is 0. The van der Waals surface area contributed by atoms with Crippen LogP contribution in [0.5, 0.6) is 0 Å². The number of hydrogen-bond acceptors (Lipinski definition) is 4. The lowest BCUT2D eigenvalue weighted by Crippen LogP contribution is -2.11. The van der Waals surface area contributed by atoms with E-state index in [0.29, 0.717) is 13.0 Å². The van der Waals surface area contributed by atoms with Crippen molar-refractivity contribution in [3.8, 4) is 0 Å². The monoisotopic (exact) mass is 233 g/mol. The van der Waals surface area contributed by atoms with Gasteiger partial charge in [-0.3, -0.25) is 14.0 Å². The maximum absolute atomic E-state index is 11.3. The minimum Gasteiger partial charge on any atom is -0.297 e. The molecule has 0 amide bonds. The van der Waals surface area contributed by atoms with Crippen molar-refractivity contribution in [1.82, 2.24) is 4.98 Å². The largest absolute Gasteiger partial charge is 0.424 e. The molecule has 2 atom stereocenters. The third kappa shape index (κ3) is 2.34. The smallest absolute Gasteiger partial charge is 0.297 e. The number of pyridine rings is 1. The first kappa shape index (κ1) is 10.1. The zero-order valence-corrected chi connectivity index (χ0v) is 8.95. The van der Waals surface area contributed by atoms with Crippen molar-refractivity contribution in [2.75, 3.05) is 6.61 Å². The number of hydrogen-bond donors (Lipinski definition) is 0.